The average molecular weight is 300 g/mol. The first-order valence-corrected chi connectivity index (χ1v) is 8.11. The maximum atomic E-state index is 6.21. The van der Waals surface area contributed by atoms with Gasteiger partial charge in [0.15, 0.2) is 0 Å². The Morgan fingerprint density at radius 3 is 2.71 bits per heavy atom. The molecule has 3 rings (SSSR count). The highest BCUT2D eigenvalue weighted by atomic mass is 35.5. The number of benzene rings is 2. The van der Waals surface area contributed by atoms with Gasteiger partial charge in [0.2, 0.25) is 0 Å². The number of nitrogens with one attached hydrogen (secondary N) is 1. The molecule has 1 nitrogen and oxygen atoms in total. The van der Waals surface area contributed by atoms with E-state index in [9.17, 15) is 0 Å². The molecule has 0 aliphatic heterocycles. The molecule has 0 amide bonds. The number of hydrogen-bond acceptors (Lipinski definition) is 1. The van der Waals surface area contributed by atoms with Gasteiger partial charge in [0, 0.05) is 11.1 Å². The molecule has 1 atom stereocenters. The monoisotopic (exact) mass is 299 g/mol. The standard InChI is InChI=1S/C19H22ClN/c1-4-21-19-8-6-14-11-15(5-7-16(14)19)17-9-13(3)18(20)10-12(17)2/h5,7,9-11,19,21H,4,6,8H2,1-3H3. The summed E-state index contributed by atoms with van der Waals surface area (Å²) in [4.78, 5) is 0. The fourth-order valence-electron chi connectivity index (χ4n) is 3.34. The average Bonchev–Trinajstić information content (AvgIpc) is 2.86. The lowest BCUT2D eigenvalue weighted by Gasteiger charge is -2.14. The van der Waals surface area contributed by atoms with Gasteiger partial charge < -0.3 is 5.32 Å². The summed E-state index contributed by atoms with van der Waals surface area (Å²) in [5, 5.41) is 4.42. The Balaban J connectivity index is 2.01. The van der Waals surface area contributed by atoms with Crippen LogP contribution in [0.15, 0.2) is 30.3 Å². The van der Waals surface area contributed by atoms with E-state index in [1.165, 1.54) is 40.7 Å². The van der Waals surface area contributed by atoms with Crippen molar-refractivity contribution in [2.45, 2.75) is 39.7 Å². The fourth-order valence-corrected chi connectivity index (χ4v) is 3.55. The maximum absolute atomic E-state index is 6.21. The summed E-state index contributed by atoms with van der Waals surface area (Å²) < 4.78 is 0. The smallest absolute Gasteiger partial charge is 0.0438 e. The van der Waals surface area contributed by atoms with Gasteiger partial charge in [-0.2, -0.15) is 0 Å². The third kappa shape index (κ3) is 2.73. The number of halogens is 1. The molecule has 2 aromatic rings. The quantitative estimate of drug-likeness (QED) is 0.819. The summed E-state index contributed by atoms with van der Waals surface area (Å²) in [6.07, 6.45) is 2.39. The van der Waals surface area contributed by atoms with Gasteiger partial charge in [-0.25, -0.2) is 0 Å². The van der Waals surface area contributed by atoms with Gasteiger partial charge in [-0.3, -0.25) is 0 Å². The van der Waals surface area contributed by atoms with Crippen LogP contribution in [-0.2, 0) is 6.42 Å². The molecule has 21 heavy (non-hydrogen) atoms. The van der Waals surface area contributed by atoms with Crippen molar-refractivity contribution in [2.24, 2.45) is 0 Å². The van der Waals surface area contributed by atoms with Gasteiger partial charge in [-0.1, -0.05) is 36.7 Å². The minimum atomic E-state index is 0.534. The molecule has 0 radical (unpaired) electrons. The van der Waals surface area contributed by atoms with Crippen molar-refractivity contribution in [1.29, 1.82) is 0 Å². The van der Waals surface area contributed by atoms with Gasteiger partial charge in [0.05, 0.1) is 0 Å². The van der Waals surface area contributed by atoms with Crippen LogP contribution in [0.1, 0.15) is 41.6 Å². The van der Waals surface area contributed by atoms with Crippen LogP contribution in [0.3, 0.4) is 0 Å². The second kappa shape index (κ2) is 5.82. The van der Waals surface area contributed by atoms with E-state index in [0.29, 0.717) is 6.04 Å². The van der Waals surface area contributed by atoms with Gasteiger partial charge in [-0.15, -0.1) is 0 Å². The molecular weight excluding hydrogens is 278 g/mol. The van der Waals surface area contributed by atoms with Crippen LogP contribution >= 0.6 is 11.6 Å². The molecule has 110 valence electrons. The van der Waals surface area contributed by atoms with Crippen LogP contribution in [-0.4, -0.2) is 6.54 Å². The molecule has 1 N–H and O–H groups in total. The summed E-state index contributed by atoms with van der Waals surface area (Å²) in [5.41, 5.74) is 7.96. The number of aryl methyl sites for hydroxylation is 3. The minimum Gasteiger partial charge on any atom is -0.310 e. The summed E-state index contributed by atoms with van der Waals surface area (Å²) in [6, 6.07) is 11.7. The molecule has 2 aromatic carbocycles. The first-order valence-electron chi connectivity index (χ1n) is 7.73. The molecule has 0 bridgehead atoms. The summed E-state index contributed by atoms with van der Waals surface area (Å²) >= 11 is 6.21. The van der Waals surface area contributed by atoms with Gasteiger partial charge in [-0.05, 0) is 78.7 Å². The van der Waals surface area contributed by atoms with Crippen molar-refractivity contribution in [3.63, 3.8) is 0 Å². The van der Waals surface area contributed by atoms with E-state index in [4.69, 9.17) is 11.6 Å². The molecule has 0 saturated carbocycles. The lowest BCUT2D eigenvalue weighted by molar-refractivity contribution is 0.549. The zero-order chi connectivity index (χ0) is 15.0. The predicted octanol–water partition coefficient (Wildman–Crippen LogP) is 5.22. The number of rotatable bonds is 3. The summed E-state index contributed by atoms with van der Waals surface area (Å²) in [7, 11) is 0. The van der Waals surface area contributed by atoms with Crippen LogP contribution in [0.25, 0.3) is 11.1 Å². The van der Waals surface area contributed by atoms with Crippen LogP contribution < -0.4 is 5.32 Å². The Kier molecular flexibility index (Phi) is 4.05. The van der Waals surface area contributed by atoms with Crippen molar-refractivity contribution in [1.82, 2.24) is 5.32 Å². The highest BCUT2D eigenvalue weighted by Gasteiger charge is 2.21. The third-order valence-corrected chi connectivity index (χ3v) is 4.90. The highest BCUT2D eigenvalue weighted by molar-refractivity contribution is 6.31. The van der Waals surface area contributed by atoms with E-state index in [0.717, 1.165) is 17.1 Å². The molecule has 1 aliphatic carbocycles. The molecule has 1 aliphatic rings. The third-order valence-electron chi connectivity index (χ3n) is 4.49. The summed E-state index contributed by atoms with van der Waals surface area (Å²) in [5.74, 6) is 0. The minimum absolute atomic E-state index is 0.534. The number of hydrogen-bond donors (Lipinski definition) is 1. The first-order chi connectivity index (χ1) is 10.1. The Labute approximate surface area is 132 Å². The second-order valence-electron chi connectivity index (χ2n) is 5.98. The summed E-state index contributed by atoms with van der Waals surface area (Å²) in [6.45, 7) is 7.41. The second-order valence-corrected chi connectivity index (χ2v) is 6.39. The normalized spacial score (nSPS) is 17.0. The Morgan fingerprint density at radius 1 is 1.14 bits per heavy atom. The number of fused-ring (bicyclic) bond motifs is 1. The zero-order valence-corrected chi connectivity index (χ0v) is 13.7. The Hall–Kier alpha value is -1.31. The molecule has 0 heterocycles. The van der Waals surface area contributed by atoms with E-state index in [1.54, 1.807) is 0 Å². The molecule has 0 fully saturated rings. The maximum Gasteiger partial charge on any atom is 0.0438 e. The Bertz CT molecular complexity index is 676. The predicted molar refractivity (Wildman–Crippen MR) is 91.1 cm³/mol. The molecule has 0 saturated heterocycles. The van der Waals surface area contributed by atoms with E-state index < -0.39 is 0 Å². The van der Waals surface area contributed by atoms with Crippen molar-refractivity contribution in [2.75, 3.05) is 6.54 Å². The van der Waals surface area contributed by atoms with E-state index in [2.05, 4.69) is 56.4 Å². The van der Waals surface area contributed by atoms with E-state index >= 15 is 0 Å². The molecule has 1 unspecified atom stereocenters. The van der Waals surface area contributed by atoms with Crippen LogP contribution in [0.4, 0.5) is 0 Å². The SMILES string of the molecule is CCNC1CCc2cc(-c3cc(C)c(Cl)cc3C)ccc21. The van der Waals surface area contributed by atoms with Crippen molar-refractivity contribution in [3.8, 4) is 11.1 Å². The van der Waals surface area contributed by atoms with Crippen molar-refractivity contribution >= 4 is 11.6 Å². The van der Waals surface area contributed by atoms with E-state index in [1.807, 2.05) is 0 Å². The van der Waals surface area contributed by atoms with Gasteiger partial charge in [0.1, 0.15) is 0 Å². The molecule has 2 heteroatoms. The lowest BCUT2D eigenvalue weighted by Crippen LogP contribution is -2.18. The topological polar surface area (TPSA) is 12.0 Å². The molecule has 0 aromatic heterocycles. The van der Waals surface area contributed by atoms with Crippen LogP contribution in [0.5, 0.6) is 0 Å². The van der Waals surface area contributed by atoms with Crippen LogP contribution in [0.2, 0.25) is 5.02 Å². The van der Waals surface area contributed by atoms with E-state index in [-0.39, 0.29) is 0 Å². The Morgan fingerprint density at radius 2 is 1.95 bits per heavy atom. The largest absolute Gasteiger partial charge is 0.310 e. The molecule has 0 spiro atoms. The fraction of sp³-hybridized carbons (Fsp3) is 0.368. The lowest BCUT2D eigenvalue weighted by atomic mass is 9.95. The van der Waals surface area contributed by atoms with Gasteiger partial charge in [0.25, 0.3) is 0 Å². The van der Waals surface area contributed by atoms with Crippen molar-refractivity contribution in [3.05, 3.63) is 57.6 Å². The first kappa shape index (κ1) is 14.6. The molecular formula is C19H22ClN. The van der Waals surface area contributed by atoms with Crippen molar-refractivity contribution < 1.29 is 0 Å². The highest BCUT2D eigenvalue weighted by Crippen LogP contribution is 2.36. The zero-order valence-electron chi connectivity index (χ0n) is 13.0. The van der Waals surface area contributed by atoms with Crippen LogP contribution in [0, 0.1) is 13.8 Å². The van der Waals surface area contributed by atoms with Gasteiger partial charge >= 0.3 is 0 Å².